The number of benzene rings is 2. The summed E-state index contributed by atoms with van der Waals surface area (Å²) in [7, 11) is 0. The molecule has 0 nitrogen and oxygen atoms in total. The first kappa shape index (κ1) is 10.8. The zero-order valence-electron chi connectivity index (χ0n) is 10.0. The Morgan fingerprint density at radius 2 is 1.56 bits per heavy atom. The summed E-state index contributed by atoms with van der Waals surface area (Å²) in [6.45, 7) is 6.38. The Bertz CT molecular complexity index is 560. The van der Waals surface area contributed by atoms with Crippen LogP contribution in [-0.4, -0.2) is 0 Å². The molecule has 2 aromatic carbocycles. The summed E-state index contributed by atoms with van der Waals surface area (Å²) >= 11 is 0. The van der Waals surface area contributed by atoms with Crippen LogP contribution >= 0.6 is 0 Å². The van der Waals surface area contributed by atoms with E-state index in [1.165, 1.54) is 10.8 Å². The summed E-state index contributed by atoms with van der Waals surface area (Å²) in [5.41, 5.74) is 1.15. The predicted molar refractivity (Wildman–Crippen MR) is 70.3 cm³/mol. The highest BCUT2D eigenvalue weighted by Crippen LogP contribution is 2.16. The van der Waals surface area contributed by atoms with Crippen LogP contribution in [-0.2, 0) is 0 Å². The molecule has 0 fully saturated rings. The largest absolute Gasteiger partial charge is 0.0920 e. The maximum absolute atomic E-state index is 3.25. The molecule has 0 radical (unpaired) electrons. The van der Waals surface area contributed by atoms with Gasteiger partial charge in [0.15, 0.2) is 0 Å². The second-order valence-corrected chi connectivity index (χ2v) is 5.06. The van der Waals surface area contributed by atoms with Gasteiger partial charge in [0, 0.05) is 11.0 Å². The van der Waals surface area contributed by atoms with Gasteiger partial charge in [-0.1, -0.05) is 42.2 Å². The highest BCUT2D eigenvalue weighted by Gasteiger charge is 2.03. The zero-order valence-corrected chi connectivity index (χ0v) is 10.0. The van der Waals surface area contributed by atoms with Crippen molar-refractivity contribution >= 4 is 10.8 Å². The molecule has 0 unspecified atom stereocenters. The van der Waals surface area contributed by atoms with Gasteiger partial charge in [-0.25, -0.2) is 0 Å². The Labute approximate surface area is 97.3 Å². The van der Waals surface area contributed by atoms with Crippen molar-refractivity contribution in [3.63, 3.8) is 0 Å². The molecule has 0 saturated heterocycles. The molecule has 0 aromatic heterocycles. The highest BCUT2D eigenvalue weighted by atomic mass is 14.1. The lowest BCUT2D eigenvalue weighted by Crippen LogP contribution is -1.99. The number of hydrogen-bond donors (Lipinski definition) is 0. The minimum absolute atomic E-state index is 0.0612. The van der Waals surface area contributed by atoms with Crippen LogP contribution in [0.2, 0.25) is 0 Å². The Kier molecular flexibility index (Phi) is 2.71. The Morgan fingerprint density at radius 1 is 0.875 bits per heavy atom. The molecule has 0 aliphatic carbocycles. The van der Waals surface area contributed by atoms with Crippen LogP contribution in [0.25, 0.3) is 10.8 Å². The van der Waals surface area contributed by atoms with E-state index in [4.69, 9.17) is 0 Å². The van der Waals surface area contributed by atoms with Gasteiger partial charge in [-0.15, -0.1) is 0 Å². The van der Waals surface area contributed by atoms with Crippen molar-refractivity contribution in [1.29, 1.82) is 0 Å². The smallest absolute Gasteiger partial charge is 0.0251 e. The highest BCUT2D eigenvalue weighted by molar-refractivity contribution is 5.83. The van der Waals surface area contributed by atoms with Crippen molar-refractivity contribution in [3.05, 3.63) is 48.0 Å². The predicted octanol–water partition coefficient (Wildman–Crippen LogP) is 4.24. The third kappa shape index (κ3) is 2.64. The summed E-state index contributed by atoms with van der Waals surface area (Å²) in [4.78, 5) is 0. The molecule has 0 spiro atoms. The Hall–Kier alpha value is -1.74. The molecule has 16 heavy (non-hydrogen) atoms. The van der Waals surface area contributed by atoms with Gasteiger partial charge in [0.25, 0.3) is 0 Å². The van der Waals surface area contributed by atoms with E-state index < -0.39 is 0 Å². The maximum atomic E-state index is 3.25. The fourth-order valence-corrected chi connectivity index (χ4v) is 1.53. The molecule has 0 saturated carbocycles. The first-order chi connectivity index (χ1) is 7.54. The van der Waals surface area contributed by atoms with Crippen molar-refractivity contribution in [2.24, 2.45) is 5.41 Å². The molecule has 0 aliphatic heterocycles. The molecule has 0 aliphatic rings. The summed E-state index contributed by atoms with van der Waals surface area (Å²) in [6.07, 6.45) is 0. The Balaban J connectivity index is 2.43. The van der Waals surface area contributed by atoms with E-state index in [0.717, 1.165) is 5.56 Å². The van der Waals surface area contributed by atoms with Gasteiger partial charge >= 0.3 is 0 Å². The monoisotopic (exact) mass is 208 g/mol. The minimum atomic E-state index is 0.0612. The van der Waals surface area contributed by atoms with Crippen molar-refractivity contribution in [1.82, 2.24) is 0 Å². The lowest BCUT2D eigenvalue weighted by atomic mass is 9.97. The molecular weight excluding hydrogens is 192 g/mol. The normalized spacial score (nSPS) is 10.9. The molecular formula is C16H16. The third-order valence-corrected chi connectivity index (χ3v) is 2.33. The number of rotatable bonds is 0. The minimum Gasteiger partial charge on any atom is -0.0920 e. The first-order valence-corrected chi connectivity index (χ1v) is 5.57. The molecule has 2 aromatic rings. The second kappa shape index (κ2) is 4.02. The molecule has 0 amide bonds. The maximum Gasteiger partial charge on any atom is 0.0251 e. The van der Waals surface area contributed by atoms with Crippen LogP contribution in [0.15, 0.2) is 42.5 Å². The van der Waals surface area contributed by atoms with E-state index in [0.29, 0.717) is 0 Å². The van der Waals surface area contributed by atoms with Crippen LogP contribution in [0.5, 0.6) is 0 Å². The van der Waals surface area contributed by atoms with Crippen molar-refractivity contribution in [2.75, 3.05) is 0 Å². The molecule has 0 N–H and O–H groups in total. The van der Waals surface area contributed by atoms with Gasteiger partial charge in [0.05, 0.1) is 0 Å². The van der Waals surface area contributed by atoms with Gasteiger partial charge < -0.3 is 0 Å². The number of hydrogen-bond acceptors (Lipinski definition) is 0. The van der Waals surface area contributed by atoms with E-state index in [1.807, 2.05) is 0 Å². The fraction of sp³-hybridized carbons (Fsp3) is 0.250. The first-order valence-electron chi connectivity index (χ1n) is 5.57. The van der Waals surface area contributed by atoms with Crippen molar-refractivity contribution in [3.8, 4) is 11.8 Å². The summed E-state index contributed by atoms with van der Waals surface area (Å²) in [6, 6.07) is 14.7. The van der Waals surface area contributed by atoms with Gasteiger partial charge in [0.1, 0.15) is 0 Å². The standard InChI is InChI=1S/C16H16/c1-16(2,3)11-10-13-8-9-14-6-4-5-7-15(14)12-13/h4-9,12H,1-3H3. The average molecular weight is 208 g/mol. The van der Waals surface area contributed by atoms with Gasteiger partial charge in [-0.05, 0) is 43.7 Å². The van der Waals surface area contributed by atoms with E-state index >= 15 is 0 Å². The quantitative estimate of drug-likeness (QED) is 0.568. The average Bonchev–Trinajstić information content (AvgIpc) is 2.25. The lowest BCUT2D eigenvalue weighted by molar-refractivity contribution is 0.571. The Morgan fingerprint density at radius 3 is 2.25 bits per heavy atom. The SMILES string of the molecule is CC(C)(C)C#Cc1ccc2ccccc2c1. The zero-order chi connectivity index (χ0) is 11.6. The molecule has 0 heteroatoms. The van der Waals surface area contributed by atoms with Crippen molar-refractivity contribution in [2.45, 2.75) is 20.8 Å². The van der Waals surface area contributed by atoms with Crippen LogP contribution in [0.3, 0.4) is 0 Å². The molecule has 2 rings (SSSR count). The van der Waals surface area contributed by atoms with E-state index in [1.54, 1.807) is 0 Å². The van der Waals surface area contributed by atoms with Crippen LogP contribution in [0, 0.1) is 17.3 Å². The molecule has 80 valence electrons. The van der Waals surface area contributed by atoms with Crippen LogP contribution in [0.1, 0.15) is 26.3 Å². The van der Waals surface area contributed by atoms with E-state index in [2.05, 4.69) is 75.1 Å². The molecule has 0 bridgehead atoms. The summed E-state index contributed by atoms with van der Waals surface area (Å²) in [5, 5.41) is 2.52. The second-order valence-electron chi connectivity index (χ2n) is 5.06. The van der Waals surface area contributed by atoms with E-state index in [-0.39, 0.29) is 5.41 Å². The summed E-state index contributed by atoms with van der Waals surface area (Å²) < 4.78 is 0. The van der Waals surface area contributed by atoms with E-state index in [9.17, 15) is 0 Å². The van der Waals surface area contributed by atoms with Crippen LogP contribution in [0.4, 0.5) is 0 Å². The summed E-state index contributed by atoms with van der Waals surface area (Å²) in [5.74, 6) is 6.48. The number of fused-ring (bicyclic) bond motifs is 1. The topological polar surface area (TPSA) is 0 Å². The van der Waals surface area contributed by atoms with Crippen LogP contribution < -0.4 is 0 Å². The van der Waals surface area contributed by atoms with Gasteiger partial charge in [-0.2, -0.15) is 0 Å². The molecule has 0 atom stereocenters. The lowest BCUT2D eigenvalue weighted by Gasteiger charge is -2.06. The van der Waals surface area contributed by atoms with Crippen molar-refractivity contribution < 1.29 is 0 Å². The van der Waals surface area contributed by atoms with Gasteiger partial charge in [-0.3, -0.25) is 0 Å². The fourth-order valence-electron chi connectivity index (χ4n) is 1.53. The third-order valence-electron chi connectivity index (χ3n) is 2.33. The molecule has 0 heterocycles. The van der Waals surface area contributed by atoms with Gasteiger partial charge in [0.2, 0.25) is 0 Å².